The van der Waals surface area contributed by atoms with Crippen LogP contribution in [0.2, 0.25) is 10.0 Å². The molecule has 13 heavy (non-hydrogen) atoms. The van der Waals surface area contributed by atoms with Gasteiger partial charge in [-0.1, -0.05) is 37.0 Å². The van der Waals surface area contributed by atoms with Crippen molar-refractivity contribution in [1.29, 1.82) is 0 Å². The summed E-state index contributed by atoms with van der Waals surface area (Å²) in [7, 11) is 0. The molecule has 0 spiro atoms. The maximum Gasteiger partial charge on any atom is 0.0455 e. The normalized spacial score (nSPS) is 10.9. The van der Waals surface area contributed by atoms with Gasteiger partial charge in [0.05, 0.1) is 0 Å². The molecule has 0 aliphatic rings. The van der Waals surface area contributed by atoms with Gasteiger partial charge >= 0.3 is 0 Å². The third-order valence-electron chi connectivity index (χ3n) is 1.90. The van der Waals surface area contributed by atoms with Crippen LogP contribution in [-0.4, -0.2) is 0 Å². The molecular weight excluding hydrogens is 203 g/mol. The van der Waals surface area contributed by atoms with Crippen molar-refractivity contribution in [2.24, 2.45) is 5.92 Å². The van der Waals surface area contributed by atoms with E-state index in [1.807, 2.05) is 19.1 Å². The van der Waals surface area contributed by atoms with Crippen molar-refractivity contribution in [2.75, 3.05) is 0 Å². The van der Waals surface area contributed by atoms with E-state index in [2.05, 4.69) is 13.8 Å². The second-order valence-corrected chi connectivity index (χ2v) is 4.62. The molecule has 0 amide bonds. The van der Waals surface area contributed by atoms with Crippen molar-refractivity contribution in [1.82, 2.24) is 0 Å². The summed E-state index contributed by atoms with van der Waals surface area (Å²) in [5, 5.41) is 1.58. The standard InChI is InChI=1S/C11H14Cl2/c1-7(2)4-9-10(12)5-8(3)6-11(9)13/h5-7H,4H2,1-3H3. The van der Waals surface area contributed by atoms with Gasteiger partial charge < -0.3 is 0 Å². The second kappa shape index (κ2) is 4.34. The SMILES string of the molecule is Cc1cc(Cl)c(CC(C)C)c(Cl)c1. The van der Waals surface area contributed by atoms with Crippen molar-refractivity contribution < 1.29 is 0 Å². The first kappa shape index (κ1) is 10.9. The van der Waals surface area contributed by atoms with E-state index in [0.29, 0.717) is 5.92 Å². The largest absolute Gasteiger partial charge is 0.0840 e. The van der Waals surface area contributed by atoms with Crippen molar-refractivity contribution in [2.45, 2.75) is 27.2 Å². The summed E-state index contributed by atoms with van der Waals surface area (Å²) in [5.74, 6) is 0.581. The Morgan fingerprint density at radius 2 is 1.62 bits per heavy atom. The summed E-state index contributed by atoms with van der Waals surface area (Å²) in [6.07, 6.45) is 0.942. The molecule has 2 heteroatoms. The average molecular weight is 217 g/mol. The van der Waals surface area contributed by atoms with Crippen LogP contribution in [-0.2, 0) is 6.42 Å². The molecule has 0 unspecified atom stereocenters. The Bertz CT molecular complexity index is 280. The molecule has 0 atom stereocenters. The average Bonchev–Trinajstić information content (AvgIpc) is 1.96. The van der Waals surface area contributed by atoms with Crippen LogP contribution >= 0.6 is 23.2 Å². The summed E-state index contributed by atoms with van der Waals surface area (Å²) in [6, 6.07) is 3.93. The molecule has 0 N–H and O–H groups in total. The number of benzene rings is 1. The fourth-order valence-corrected chi connectivity index (χ4v) is 2.08. The third kappa shape index (κ3) is 2.89. The van der Waals surface area contributed by atoms with Crippen LogP contribution in [0.1, 0.15) is 25.0 Å². The topological polar surface area (TPSA) is 0 Å². The molecular formula is C11H14Cl2. The van der Waals surface area contributed by atoms with E-state index in [4.69, 9.17) is 23.2 Å². The van der Waals surface area contributed by atoms with E-state index >= 15 is 0 Å². The van der Waals surface area contributed by atoms with Crippen LogP contribution in [0.4, 0.5) is 0 Å². The monoisotopic (exact) mass is 216 g/mol. The highest BCUT2D eigenvalue weighted by Gasteiger charge is 2.08. The van der Waals surface area contributed by atoms with Crippen LogP contribution in [0.25, 0.3) is 0 Å². The van der Waals surface area contributed by atoms with Crippen molar-refractivity contribution in [3.05, 3.63) is 33.3 Å². The lowest BCUT2D eigenvalue weighted by Crippen LogP contribution is -1.96. The minimum atomic E-state index is 0.581. The number of halogens is 2. The first-order valence-corrected chi connectivity index (χ1v) is 5.21. The van der Waals surface area contributed by atoms with E-state index in [1.165, 1.54) is 0 Å². The third-order valence-corrected chi connectivity index (χ3v) is 2.57. The van der Waals surface area contributed by atoms with E-state index in [-0.39, 0.29) is 0 Å². The molecule has 72 valence electrons. The number of aryl methyl sites for hydroxylation is 1. The van der Waals surface area contributed by atoms with Gasteiger partial charge in [-0.15, -0.1) is 0 Å². The Labute approximate surface area is 89.9 Å². The van der Waals surface area contributed by atoms with Crippen LogP contribution in [0.3, 0.4) is 0 Å². The van der Waals surface area contributed by atoms with Crippen molar-refractivity contribution >= 4 is 23.2 Å². The molecule has 0 aromatic heterocycles. The molecule has 0 radical (unpaired) electrons. The smallest absolute Gasteiger partial charge is 0.0455 e. The molecule has 0 saturated heterocycles. The van der Waals surface area contributed by atoms with Gasteiger partial charge in [0.1, 0.15) is 0 Å². The Morgan fingerprint density at radius 1 is 1.15 bits per heavy atom. The molecule has 1 aromatic carbocycles. The number of hydrogen-bond acceptors (Lipinski definition) is 0. The summed E-state index contributed by atoms with van der Waals surface area (Å²) >= 11 is 12.2. The Kier molecular flexibility index (Phi) is 3.63. The maximum atomic E-state index is 6.09. The zero-order chi connectivity index (χ0) is 10.0. The zero-order valence-electron chi connectivity index (χ0n) is 8.20. The first-order chi connectivity index (χ1) is 6.00. The summed E-state index contributed by atoms with van der Waals surface area (Å²) in [5.41, 5.74) is 2.19. The quantitative estimate of drug-likeness (QED) is 0.684. The molecule has 1 rings (SSSR count). The summed E-state index contributed by atoms with van der Waals surface area (Å²) < 4.78 is 0. The Morgan fingerprint density at radius 3 is 2.00 bits per heavy atom. The van der Waals surface area contributed by atoms with Crippen LogP contribution in [0, 0.1) is 12.8 Å². The Hall–Kier alpha value is -0.200. The van der Waals surface area contributed by atoms with Gasteiger partial charge in [-0.25, -0.2) is 0 Å². The van der Waals surface area contributed by atoms with Gasteiger partial charge in [-0.05, 0) is 42.5 Å². The molecule has 0 aliphatic heterocycles. The van der Waals surface area contributed by atoms with Gasteiger partial charge in [0.15, 0.2) is 0 Å². The lowest BCUT2D eigenvalue weighted by atomic mass is 10.0. The molecule has 0 aliphatic carbocycles. The highest BCUT2D eigenvalue weighted by atomic mass is 35.5. The van der Waals surface area contributed by atoms with Crippen molar-refractivity contribution in [3.63, 3.8) is 0 Å². The predicted molar refractivity (Wildman–Crippen MR) is 59.7 cm³/mol. The van der Waals surface area contributed by atoms with Gasteiger partial charge in [0.25, 0.3) is 0 Å². The van der Waals surface area contributed by atoms with Crippen LogP contribution in [0.5, 0.6) is 0 Å². The van der Waals surface area contributed by atoms with Crippen LogP contribution < -0.4 is 0 Å². The Balaban J connectivity index is 3.06. The van der Waals surface area contributed by atoms with Gasteiger partial charge in [0, 0.05) is 10.0 Å². The maximum absolute atomic E-state index is 6.09. The lowest BCUT2D eigenvalue weighted by Gasteiger charge is -2.10. The lowest BCUT2D eigenvalue weighted by molar-refractivity contribution is 0.647. The second-order valence-electron chi connectivity index (χ2n) is 3.81. The van der Waals surface area contributed by atoms with E-state index in [0.717, 1.165) is 27.6 Å². The first-order valence-electron chi connectivity index (χ1n) is 4.45. The fourth-order valence-electron chi connectivity index (χ4n) is 1.33. The molecule has 0 nitrogen and oxygen atoms in total. The van der Waals surface area contributed by atoms with Gasteiger partial charge in [-0.2, -0.15) is 0 Å². The zero-order valence-corrected chi connectivity index (χ0v) is 9.71. The predicted octanol–water partition coefficient (Wildman–Crippen LogP) is 4.50. The van der Waals surface area contributed by atoms with Gasteiger partial charge in [0.2, 0.25) is 0 Å². The fraction of sp³-hybridized carbons (Fsp3) is 0.455. The van der Waals surface area contributed by atoms with E-state index in [1.54, 1.807) is 0 Å². The molecule has 0 bridgehead atoms. The van der Waals surface area contributed by atoms with Crippen LogP contribution in [0.15, 0.2) is 12.1 Å². The minimum absolute atomic E-state index is 0.581. The number of hydrogen-bond donors (Lipinski definition) is 0. The highest BCUT2D eigenvalue weighted by molar-refractivity contribution is 6.36. The minimum Gasteiger partial charge on any atom is -0.0840 e. The van der Waals surface area contributed by atoms with Gasteiger partial charge in [-0.3, -0.25) is 0 Å². The molecule has 0 heterocycles. The highest BCUT2D eigenvalue weighted by Crippen LogP contribution is 2.28. The van der Waals surface area contributed by atoms with E-state index < -0.39 is 0 Å². The molecule has 0 fully saturated rings. The molecule has 0 saturated carbocycles. The van der Waals surface area contributed by atoms with Crippen molar-refractivity contribution in [3.8, 4) is 0 Å². The summed E-state index contributed by atoms with van der Waals surface area (Å²) in [6.45, 7) is 6.32. The summed E-state index contributed by atoms with van der Waals surface area (Å²) in [4.78, 5) is 0. The van der Waals surface area contributed by atoms with E-state index in [9.17, 15) is 0 Å². The number of rotatable bonds is 2. The molecule has 1 aromatic rings.